The summed E-state index contributed by atoms with van der Waals surface area (Å²) in [4.78, 5) is 25.0. The molecular formula is C14H18N2O4. The van der Waals surface area contributed by atoms with Crippen molar-refractivity contribution in [2.24, 2.45) is 5.73 Å². The number of carbonyl (C=O) groups excluding carboxylic acids is 1. The molecule has 0 bridgehead atoms. The number of nitrogens with zero attached hydrogens (tertiary/aromatic N) is 1. The van der Waals surface area contributed by atoms with Crippen LogP contribution >= 0.6 is 0 Å². The summed E-state index contributed by atoms with van der Waals surface area (Å²) in [6.07, 6.45) is -0.957. The molecular weight excluding hydrogens is 260 g/mol. The van der Waals surface area contributed by atoms with Gasteiger partial charge in [-0.3, -0.25) is 4.79 Å². The Balaban J connectivity index is 2.11. The van der Waals surface area contributed by atoms with Gasteiger partial charge in [-0.05, 0) is 5.56 Å². The Labute approximate surface area is 117 Å². The number of morpholine rings is 1. The Kier molecular flexibility index (Phi) is 4.70. The number of hydrogen-bond donors (Lipinski definition) is 2. The number of aliphatic carboxylic acids is 1. The van der Waals surface area contributed by atoms with E-state index < -0.39 is 18.0 Å². The molecule has 108 valence electrons. The third-order valence-corrected chi connectivity index (χ3v) is 3.39. The fraction of sp³-hybridized carbons (Fsp3) is 0.429. The summed E-state index contributed by atoms with van der Waals surface area (Å²) in [6, 6.07) is 9.28. The molecule has 20 heavy (non-hydrogen) atoms. The normalized spacial score (nSPS) is 20.4. The van der Waals surface area contributed by atoms with Crippen LogP contribution in [0.3, 0.4) is 0 Å². The summed E-state index contributed by atoms with van der Waals surface area (Å²) in [6.45, 7) is 0.885. The highest BCUT2D eigenvalue weighted by Crippen LogP contribution is 2.19. The zero-order valence-electron chi connectivity index (χ0n) is 11.1. The first-order valence-electron chi connectivity index (χ1n) is 6.51. The number of amides is 1. The fourth-order valence-corrected chi connectivity index (χ4v) is 2.28. The maximum absolute atomic E-state index is 12.5. The molecule has 1 fully saturated rings. The monoisotopic (exact) mass is 278 g/mol. The first-order valence-corrected chi connectivity index (χ1v) is 6.51. The lowest BCUT2D eigenvalue weighted by atomic mass is 9.97. The summed E-state index contributed by atoms with van der Waals surface area (Å²) in [5.41, 5.74) is 6.56. The molecule has 2 unspecified atom stereocenters. The highest BCUT2D eigenvalue weighted by atomic mass is 16.5. The summed E-state index contributed by atoms with van der Waals surface area (Å²) in [5.74, 6) is -1.64. The van der Waals surface area contributed by atoms with Gasteiger partial charge >= 0.3 is 5.97 Å². The average molecular weight is 278 g/mol. The summed E-state index contributed by atoms with van der Waals surface area (Å²) < 4.78 is 5.11. The molecule has 1 aromatic carbocycles. The minimum atomic E-state index is -1.05. The largest absolute Gasteiger partial charge is 0.479 e. The molecule has 3 N–H and O–H groups in total. The van der Waals surface area contributed by atoms with Gasteiger partial charge in [-0.25, -0.2) is 4.79 Å². The van der Waals surface area contributed by atoms with Crippen molar-refractivity contribution in [3.8, 4) is 0 Å². The molecule has 1 aliphatic heterocycles. The minimum Gasteiger partial charge on any atom is -0.479 e. The molecule has 0 aromatic heterocycles. The molecule has 0 aliphatic carbocycles. The van der Waals surface area contributed by atoms with E-state index in [4.69, 9.17) is 15.6 Å². The van der Waals surface area contributed by atoms with Crippen LogP contribution in [0, 0.1) is 0 Å². The number of benzene rings is 1. The minimum absolute atomic E-state index is 0.0670. The van der Waals surface area contributed by atoms with Crippen molar-refractivity contribution in [1.29, 1.82) is 0 Å². The van der Waals surface area contributed by atoms with Crippen LogP contribution in [0.4, 0.5) is 0 Å². The van der Waals surface area contributed by atoms with E-state index >= 15 is 0 Å². The number of nitrogens with two attached hydrogens (primary N) is 1. The number of carbonyl (C=O) groups is 2. The molecule has 0 spiro atoms. The molecule has 1 saturated heterocycles. The van der Waals surface area contributed by atoms with E-state index in [-0.39, 0.29) is 25.6 Å². The highest BCUT2D eigenvalue weighted by Gasteiger charge is 2.32. The van der Waals surface area contributed by atoms with Crippen LogP contribution in [0.5, 0.6) is 0 Å². The van der Waals surface area contributed by atoms with E-state index in [0.29, 0.717) is 6.54 Å². The van der Waals surface area contributed by atoms with Gasteiger partial charge in [0.05, 0.1) is 19.1 Å². The number of rotatable bonds is 4. The van der Waals surface area contributed by atoms with Gasteiger partial charge in [0, 0.05) is 13.1 Å². The molecule has 0 saturated carbocycles. The molecule has 1 heterocycles. The first-order chi connectivity index (χ1) is 9.63. The van der Waals surface area contributed by atoms with Crippen molar-refractivity contribution in [2.75, 3.05) is 26.2 Å². The number of carboxylic acids is 1. The second-order valence-corrected chi connectivity index (χ2v) is 4.68. The van der Waals surface area contributed by atoms with Crippen LogP contribution in [-0.2, 0) is 14.3 Å². The third-order valence-electron chi connectivity index (χ3n) is 3.39. The van der Waals surface area contributed by atoms with Gasteiger partial charge in [-0.1, -0.05) is 30.3 Å². The second-order valence-electron chi connectivity index (χ2n) is 4.68. The third kappa shape index (κ3) is 3.15. The average Bonchev–Trinajstić information content (AvgIpc) is 2.49. The maximum atomic E-state index is 12.5. The predicted octanol–water partition coefficient (Wildman–Crippen LogP) is 0.0409. The lowest BCUT2D eigenvalue weighted by Gasteiger charge is -2.33. The van der Waals surface area contributed by atoms with E-state index in [1.165, 1.54) is 4.90 Å². The topological polar surface area (TPSA) is 92.9 Å². The van der Waals surface area contributed by atoms with E-state index in [2.05, 4.69) is 0 Å². The number of ether oxygens (including phenoxy) is 1. The Hall–Kier alpha value is -1.92. The van der Waals surface area contributed by atoms with Crippen LogP contribution in [0.25, 0.3) is 0 Å². The molecule has 6 heteroatoms. The first kappa shape index (κ1) is 14.5. The standard InChI is InChI=1S/C14H18N2O4/c15-8-11(10-4-2-1-3-5-10)13(17)16-6-7-20-12(9-16)14(18)19/h1-5,11-12H,6-9,15H2,(H,18,19). The lowest BCUT2D eigenvalue weighted by molar-refractivity contribution is -0.159. The van der Waals surface area contributed by atoms with E-state index in [0.717, 1.165) is 5.56 Å². The Bertz CT molecular complexity index is 477. The van der Waals surface area contributed by atoms with Gasteiger partial charge in [0.1, 0.15) is 0 Å². The molecule has 1 aliphatic rings. The van der Waals surface area contributed by atoms with Gasteiger partial charge in [-0.15, -0.1) is 0 Å². The van der Waals surface area contributed by atoms with Crippen molar-refractivity contribution in [3.63, 3.8) is 0 Å². The number of carboxylic acid groups (broad SMARTS) is 1. The Morgan fingerprint density at radius 3 is 2.70 bits per heavy atom. The van der Waals surface area contributed by atoms with Crippen molar-refractivity contribution in [3.05, 3.63) is 35.9 Å². The maximum Gasteiger partial charge on any atom is 0.334 e. The summed E-state index contributed by atoms with van der Waals surface area (Å²) >= 11 is 0. The summed E-state index contributed by atoms with van der Waals surface area (Å²) in [7, 11) is 0. The van der Waals surface area contributed by atoms with Crippen LogP contribution < -0.4 is 5.73 Å². The molecule has 2 atom stereocenters. The Morgan fingerprint density at radius 1 is 1.40 bits per heavy atom. The van der Waals surface area contributed by atoms with Gasteiger partial charge < -0.3 is 20.5 Å². The molecule has 2 rings (SSSR count). The van der Waals surface area contributed by atoms with Crippen molar-refractivity contribution < 1.29 is 19.4 Å². The van der Waals surface area contributed by atoms with Crippen LogP contribution in [0.1, 0.15) is 11.5 Å². The molecule has 1 aromatic rings. The summed E-state index contributed by atoms with van der Waals surface area (Å²) in [5, 5.41) is 8.96. The van der Waals surface area contributed by atoms with Crippen molar-refractivity contribution in [2.45, 2.75) is 12.0 Å². The quantitative estimate of drug-likeness (QED) is 0.811. The van der Waals surface area contributed by atoms with E-state index in [9.17, 15) is 9.59 Å². The van der Waals surface area contributed by atoms with Crippen LogP contribution in [0.15, 0.2) is 30.3 Å². The SMILES string of the molecule is NCC(C(=O)N1CCOC(C(=O)O)C1)c1ccccc1. The Morgan fingerprint density at radius 2 is 2.10 bits per heavy atom. The lowest BCUT2D eigenvalue weighted by Crippen LogP contribution is -2.50. The second kappa shape index (κ2) is 6.49. The number of hydrogen-bond acceptors (Lipinski definition) is 4. The zero-order chi connectivity index (χ0) is 14.5. The van der Waals surface area contributed by atoms with Gasteiger partial charge in [-0.2, -0.15) is 0 Å². The van der Waals surface area contributed by atoms with Gasteiger partial charge in [0.2, 0.25) is 5.91 Å². The van der Waals surface area contributed by atoms with E-state index in [1.807, 2.05) is 30.3 Å². The van der Waals surface area contributed by atoms with Crippen molar-refractivity contribution >= 4 is 11.9 Å². The zero-order valence-corrected chi connectivity index (χ0v) is 11.1. The van der Waals surface area contributed by atoms with Gasteiger partial charge in [0.25, 0.3) is 0 Å². The van der Waals surface area contributed by atoms with Crippen molar-refractivity contribution in [1.82, 2.24) is 4.90 Å². The fourth-order valence-electron chi connectivity index (χ4n) is 2.28. The molecule has 6 nitrogen and oxygen atoms in total. The van der Waals surface area contributed by atoms with E-state index in [1.54, 1.807) is 0 Å². The molecule has 1 amide bonds. The highest BCUT2D eigenvalue weighted by molar-refractivity contribution is 5.85. The van der Waals surface area contributed by atoms with Crippen LogP contribution in [0.2, 0.25) is 0 Å². The van der Waals surface area contributed by atoms with Crippen LogP contribution in [-0.4, -0.2) is 54.2 Å². The predicted molar refractivity (Wildman–Crippen MR) is 72.2 cm³/mol. The smallest absolute Gasteiger partial charge is 0.334 e. The van der Waals surface area contributed by atoms with Gasteiger partial charge in [0.15, 0.2) is 6.10 Å². The molecule has 0 radical (unpaired) electrons.